The van der Waals surface area contributed by atoms with Gasteiger partial charge in [0.1, 0.15) is 0 Å². The molecule has 3 heteroatoms. The van der Waals surface area contributed by atoms with Crippen LogP contribution in [0.15, 0.2) is 29.2 Å². The quantitative estimate of drug-likeness (QED) is 0.910. The van der Waals surface area contributed by atoms with E-state index >= 15 is 0 Å². The number of rotatable bonds is 3. The predicted molar refractivity (Wildman–Crippen MR) is 77.2 cm³/mol. The lowest BCUT2D eigenvalue weighted by Gasteiger charge is -2.30. The van der Waals surface area contributed by atoms with Gasteiger partial charge in [-0.25, -0.2) is 0 Å². The van der Waals surface area contributed by atoms with E-state index in [4.69, 9.17) is 0 Å². The van der Waals surface area contributed by atoms with Crippen molar-refractivity contribution >= 4 is 10.8 Å². The van der Waals surface area contributed by atoms with Crippen LogP contribution in [-0.2, 0) is 10.8 Å². The summed E-state index contributed by atoms with van der Waals surface area (Å²) in [6, 6.07) is 8.36. The van der Waals surface area contributed by atoms with Gasteiger partial charge in [0.15, 0.2) is 0 Å². The molecule has 0 aromatic heterocycles. The van der Waals surface area contributed by atoms with Crippen LogP contribution >= 0.6 is 0 Å². The van der Waals surface area contributed by atoms with Gasteiger partial charge < -0.3 is 5.32 Å². The fourth-order valence-electron chi connectivity index (χ4n) is 3.09. The average Bonchev–Trinajstić information content (AvgIpc) is 2.64. The third-order valence-electron chi connectivity index (χ3n) is 4.18. The van der Waals surface area contributed by atoms with Gasteiger partial charge >= 0.3 is 0 Å². The fourth-order valence-corrected chi connectivity index (χ4v) is 5.10. The summed E-state index contributed by atoms with van der Waals surface area (Å²) < 4.78 is 12.8. The standard InChI is InChI=1S/C15H23NOS/c1-11-7-5-6-8-12(11)18(17)13-9-10-15(2,3)14(13)16-4/h5-8,13-14,16H,9-10H2,1-4H3. The van der Waals surface area contributed by atoms with E-state index in [0.29, 0.717) is 6.04 Å². The highest BCUT2D eigenvalue weighted by atomic mass is 32.2. The summed E-state index contributed by atoms with van der Waals surface area (Å²) in [6.07, 6.45) is 2.18. The van der Waals surface area contributed by atoms with Gasteiger partial charge in [-0.2, -0.15) is 0 Å². The zero-order chi connectivity index (χ0) is 13.3. The third-order valence-corrected chi connectivity index (χ3v) is 6.13. The fraction of sp³-hybridized carbons (Fsp3) is 0.600. The minimum atomic E-state index is -0.909. The molecule has 0 spiro atoms. The zero-order valence-electron chi connectivity index (χ0n) is 11.7. The second-order valence-corrected chi connectivity index (χ2v) is 7.54. The third kappa shape index (κ3) is 2.39. The monoisotopic (exact) mass is 265 g/mol. The summed E-state index contributed by atoms with van der Waals surface area (Å²) in [5.74, 6) is 0. The van der Waals surface area contributed by atoms with Gasteiger partial charge in [-0.3, -0.25) is 4.21 Å². The van der Waals surface area contributed by atoms with Gasteiger partial charge in [-0.05, 0) is 43.9 Å². The molecule has 1 fully saturated rings. The highest BCUT2D eigenvalue weighted by Crippen LogP contribution is 2.41. The lowest BCUT2D eigenvalue weighted by atomic mass is 9.87. The van der Waals surface area contributed by atoms with Crippen molar-refractivity contribution in [3.8, 4) is 0 Å². The van der Waals surface area contributed by atoms with Crippen molar-refractivity contribution in [2.24, 2.45) is 5.41 Å². The van der Waals surface area contributed by atoms with Crippen LogP contribution in [0.1, 0.15) is 32.3 Å². The minimum absolute atomic E-state index is 0.228. The Bertz CT molecular complexity index is 456. The van der Waals surface area contributed by atoms with Crippen LogP contribution in [-0.4, -0.2) is 22.5 Å². The Morgan fingerprint density at radius 1 is 1.33 bits per heavy atom. The van der Waals surface area contributed by atoms with E-state index in [-0.39, 0.29) is 10.7 Å². The van der Waals surface area contributed by atoms with Gasteiger partial charge in [-0.1, -0.05) is 32.0 Å². The van der Waals surface area contributed by atoms with Gasteiger partial charge in [0.2, 0.25) is 0 Å². The van der Waals surface area contributed by atoms with Crippen LogP contribution in [0, 0.1) is 12.3 Å². The van der Waals surface area contributed by atoms with Crippen molar-refractivity contribution in [1.82, 2.24) is 5.32 Å². The van der Waals surface area contributed by atoms with Crippen LogP contribution in [0.3, 0.4) is 0 Å². The molecule has 1 aliphatic rings. The van der Waals surface area contributed by atoms with Crippen LogP contribution < -0.4 is 5.32 Å². The molecule has 0 bridgehead atoms. The molecule has 1 saturated carbocycles. The van der Waals surface area contributed by atoms with E-state index in [9.17, 15) is 4.21 Å². The van der Waals surface area contributed by atoms with E-state index in [1.165, 1.54) is 0 Å². The van der Waals surface area contributed by atoms with Crippen LogP contribution in [0.25, 0.3) is 0 Å². The molecular weight excluding hydrogens is 242 g/mol. The predicted octanol–water partition coefficient (Wildman–Crippen LogP) is 2.88. The van der Waals surface area contributed by atoms with Crippen molar-refractivity contribution < 1.29 is 4.21 Å². The number of aryl methyl sites for hydroxylation is 1. The smallest absolute Gasteiger partial charge is 0.0579 e. The molecule has 1 aromatic rings. The van der Waals surface area contributed by atoms with E-state index < -0.39 is 10.8 Å². The topological polar surface area (TPSA) is 29.1 Å². The Morgan fingerprint density at radius 3 is 2.61 bits per heavy atom. The molecule has 3 unspecified atom stereocenters. The van der Waals surface area contributed by atoms with Crippen molar-refractivity contribution in [2.75, 3.05) is 7.05 Å². The maximum atomic E-state index is 12.8. The number of hydrogen-bond donors (Lipinski definition) is 1. The summed E-state index contributed by atoms with van der Waals surface area (Å²) in [4.78, 5) is 1.00. The molecule has 2 rings (SSSR count). The molecule has 1 aliphatic carbocycles. The molecule has 1 N–H and O–H groups in total. The van der Waals surface area contributed by atoms with Crippen molar-refractivity contribution in [3.05, 3.63) is 29.8 Å². The maximum Gasteiger partial charge on any atom is 0.0579 e. The van der Waals surface area contributed by atoms with Crippen molar-refractivity contribution in [2.45, 2.75) is 49.8 Å². The Labute approximate surface area is 113 Å². The van der Waals surface area contributed by atoms with Crippen LogP contribution in [0.5, 0.6) is 0 Å². The summed E-state index contributed by atoms with van der Waals surface area (Å²) in [6.45, 7) is 6.58. The van der Waals surface area contributed by atoms with Crippen LogP contribution in [0.2, 0.25) is 0 Å². The molecule has 3 atom stereocenters. The van der Waals surface area contributed by atoms with E-state index in [1.54, 1.807) is 0 Å². The van der Waals surface area contributed by atoms with E-state index in [1.807, 2.05) is 38.2 Å². The molecule has 0 aliphatic heterocycles. The first-order chi connectivity index (χ1) is 8.47. The average molecular weight is 265 g/mol. The van der Waals surface area contributed by atoms with Gasteiger partial charge in [0.25, 0.3) is 0 Å². The molecule has 0 heterocycles. The van der Waals surface area contributed by atoms with Crippen molar-refractivity contribution in [3.63, 3.8) is 0 Å². The Hall–Kier alpha value is -0.670. The Balaban J connectivity index is 2.28. The van der Waals surface area contributed by atoms with E-state index in [2.05, 4.69) is 19.2 Å². The first kappa shape index (κ1) is 13.8. The molecule has 0 amide bonds. The molecule has 100 valence electrons. The van der Waals surface area contributed by atoms with Crippen LogP contribution in [0.4, 0.5) is 0 Å². The number of benzene rings is 1. The molecule has 18 heavy (non-hydrogen) atoms. The zero-order valence-corrected chi connectivity index (χ0v) is 12.5. The molecule has 0 radical (unpaired) electrons. The second-order valence-electron chi connectivity index (χ2n) is 5.89. The SMILES string of the molecule is CNC1C(S(=O)c2ccccc2C)CCC1(C)C. The minimum Gasteiger partial charge on any atom is -0.315 e. The molecular formula is C15H23NOS. The lowest BCUT2D eigenvalue weighted by Crippen LogP contribution is -2.44. The first-order valence-corrected chi connectivity index (χ1v) is 7.82. The van der Waals surface area contributed by atoms with E-state index in [0.717, 1.165) is 23.3 Å². The summed E-state index contributed by atoms with van der Waals surface area (Å²) in [7, 11) is 1.08. The first-order valence-electron chi connectivity index (χ1n) is 6.61. The molecule has 0 saturated heterocycles. The van der Waals surface area contributed by atoms with Crippen molar-refractivity contribution in [1.29, 1.82) is 0 Å². The molecule has 2 nitrogen and oxygen atoms in total. The summed E-state index contributed by atoms with van der Waals surface area (Å²) >= 11 is 0. The number of hydrogen-bond acceptors (Lipinski definition) is 2. The summed E-state index contributed by atoms with van der Waals surface area (Å²) in [5, 5.41) is 3.61. The second kappa shape index (κ2) is 5.14. The summed E-state index contributed by atoms with van der Waals surface area (Å²) in [5.41, 5.74) is 1.37. The van der Waals surface area contributed by atoms with Gasteiger partial charge in [0, 0.05) is 10.9 Å². The highest BCUT2D eigenvalue weighted by molar-refractivity contribution is 7.85. The highest BCUT2D eigenvalue weighted by Gasteiger charge is 2.44. The van der Waals surface area contributed by atoms with Gasteiger partial charge in [0.05, 0.1) is 16.0 Å². The Morgan fingerprint density at radius 2 is 2.00 bits per heavy atom. The largest absolute Gasteiger partial charge is 0.315 e. The maximum absolute atomic E-state index is 12.8. The number of nitrogens with one attached hydrogen (secondary N) is 1. The van der Waals surface area contributed by atoms with Gasteiger partial charge in [-0.15, -0.1) is 0 Å². The molecule has 1 aromatic carbocycles. The Kier molecular flexibility index (Phi) is 3.93. The normalized spacial score (nSPS) is 28.2. The lowest BCUT2D eigenvalue weighted by molar-refractivity contribution is 0.299.